The van der Waals surface area contributed by atoms with E-state index in [0.717, 1.165) is 0 Å². The molecular formula is C7H12N2O2. The summed E-state index contributed by atoms with van der Waals surface area (Å²) in [5.74, 6) is -0.604. The standard InChI is InChI=1S/C7H12N2O2/c1-7(2)3-4(10)9-6(11)5(7)8/h5H,3,8H2,1-2H3,(H,9,10,11). The highest BCUT2D eigenvalue weighted by molar-refractivity contribution is 6.01. The largest absolute Gasteiger partial charge is 0.319 e. The van der Waals surface area contributed by atoms with E-state index in [2.05, 4.69) is 5.32 Å². The van der Waals surface area contributed by atoms with Crippen molar-refractivity contribution in [3.05, 3.63) is 0 Å². The summed E-state index contributed by atoms with van der Waals surface area (Å²) < 4.78 is 0. The minimum Gasteiger partial charge on any atom is -0.319 e. The Bertz CT molecular complexity index is 210. The topological polar surface area (TPSA) is 72.2 Å². The summed E-state index contributed by atoms with van der Waals surface area (Å²) in [6, 6.07) is -0.569. The molecule has 1 aliphatic rings. The summed E-state index contributed by atoms with van der Waals surface area (Å²) in [4.78, 5) is 21.8. The second-order valence-electron chi connectivity index (χ2n) is 3.56. The van der Waals surface area contributed by atoms with Gasteiger partial charge in [0.25, 0.3) is 0 Å². The lowest BCUT2D eigenvalue weighted by Gasteiger charge is -2.33. The average Bonchev–Trinajstić information content (AvgIpc) is 1.81. The van der Waals surface area contributed by atoms with E-state index in [-0.39, 0.29) is 11.8 Å². The summed E-state index contributed by atoms with van der Waals surface area (Å²) >= 11 is 0. The normalized spacial score (nSPS) is 29.9. The summed E-state index contributed by atoms with van der Waals surface area (Å²) in [5, 5.41) is 2.18. The van der Waals surface area contributed by atoms with Crippen LogP contribution in [-0.4, -0.2) is 17.9 Å². The molecule has 0 aliphatic carbocycles. The maximum absolute atomic E-state index is 11.0. The minimum absolute atomic E-state index is 0.235. The van der Waals surface area contributed by atoms with Crippen LogP contribution < -0.4 is 11.1 Å². The lowest BCUT2D eigenvalue weighted by Crippen LogP contribution is -2.57. The molecule has 0 radical (unpaired) electrons. The second-order valence-corrected chi connectivity index (χ2v) is 3.56. The van der Waals surface area contributed by atoms with Crippen molar-refractivity contribution in [2.75, 3.05) is 0 Å². The first kappa shape index (κ1) is 8.20. The molecule has 0 bridgehead atoms. The van der Waals surface area contributed by atoms with Crippen molar-refractivity contribution in [3.8, 4) is 0 Å². The molecule has 1 unspecified atom stereocenters. The van der Waals surface area contributed by atoms with Crippen LogP contribution in [0.5, 0.6) is 0 Å². The van der Waals surface area contributed by atoms with E-state index in [1.165, 1.54) is 0 Å². The van der Waals surface area contributed by atoms with Crippen LogP contribution in [0.25, 0.3) is 0 Å². The molecule has 1 aliphatic heterocycles. The van der Waals surface area contributed by atoms with Crippen LogP contribution in [-0.2, 0) is 9.59 Å². The Labute approximate surface area is 65.1 Å². The van der Waals surface area contributed by atoms with E-state index >= 15 is 0 Å². The van der Waals surface area contributed by atoms with Crippen LogP contribution >= 0.6 is 0 Å². The number of piperidine rings is 1. The van der Waals surface area contributed by atoms with Crippen molar-refractivity contribution in [3.63, 3.8) is 0 Å². The number of amides is 2. The van der Waals surface area contributed by atoms with Gasteiger partial charge in [-0.05, 0) is 5.41 Å². The number of nitrogens with two attached hydrogens (primary N) is 1. The fraction of sp³-hybridized carbons (Fsp3) is 0.714. The number of carbonyl (C=O) groups is 2. The van der Waals surface area contributed by atoms with Crippen molar-refractivity contribution < 1.29 is 9.59 Å². The third-order valence-corrected chi connectivity index (χ3v) is 2.00. The van der Waals surface area contributed by atoms with Crippen LogP contribution in [0.3, 0.4) is 0 Å². The molecule has 62 valence electrons. The van der Waals surface area contributed by atoms with Crippen molar-refractivity contribution in [1.82, 2.24) is 5.32 Å². The average molecular weight is 156 g/mol. The smallest absolute Gasteiger partial charge is 0.244 e. The van der Waals surface area contributed by atoms with Gasteiger partial charge in [0.05, 0.1) is 6.04 Å². The molecule has 11 heavy (non-hydrogen) atoms. The van der Waals surface area contributed by atoms with E-state index in [1.54, 1.807) is 0 Å². The zero-order valence-corrected chi connectivity index (χ0v) is 6.68. The first-order valence-corrected chi connectivity index (χ1v) is 3.53. The zero-order chi connectivity index (χ0) is 8.65. The van der Waals surface area contributed by atoms with E-state index in [9.17, 15) is 9.59 Å². The summed E-state index contributed by atoms with van der Waals surface area (Å²) in [7, 11) is 0. The summed E-state index contributed by atoms with van der Waals surface area (Å²) in [5.41, 5.74) is 5.15. The number of hydrogen-bond acceptors (Lipinski definition) is 3. The fourth-order valence-electron chi connectivity index (χ4n) is 1.14. The lowest BCUT2D eigenvalue weighted by molar-refractivity contribution is -0.138. The molecule has 1 heterocycles. The molecule has 0 aromatic heterocycles. The predicted octanol–water partition coefficient (Wildman–Crippen LogP) is -0.614. The third-order valence-electron chi connectivity index (χ3n) is 2.00. The molecule has 1 atom stereocenters. The quantitative estimate of drug-likeness (QED) is 0.459. The van der Waals surface area contributed by atoms with Gasteiger partial charge in [0.2, 0.25) is 11.8 Å². The maximum Gasteiger partial charge on any atom is 0.244 e. The highest BCUT2D eigenvalue weighted by Crippen LogP contribution is 2.26. The van der Waals surface area contributed by atoms with Crippen molar-refractivity contribution in [2.24, 2.45) is 11.1 Å². The molecule has 4 nitrogen and oxygen atoms in total. The van der Waals surface area contributed by atoms with Gasteiger partial charge in [-0.1, -0.05) is 13.8 Å². The van der Waals surface area contributed by atoms with Gasteiger partial charge in [0.15, 0.2) is 0 Å². The van der Waals surface area contributed by atoms with Crippen LogP contribution in [0.2, 0.25) is 0 Å². The fourth-order valence-corrected chi connectivity index (χ4v) is 1.14. The van der Waals surface area contributed by atoms with Crippen molar-refractivity contribution in [1.29, 1.82) is 0 Å². The zero-order valence-electron chi connectivity index (χ0n) is 6.68. The monoisotopic (exact) mass is 156 g/mol. The van der Waals surface area contributed by atoms with Crippen molar-refractivity contribution >= 4 is 11.8 Å². The highest BCUT2D eigenvalue weighted by atomic mass is 16.2. The van der Waals surface area contributed by atoms with Crippen LogP contribution in [0.15, 0.2) is 0 Å². The maximum atomic E-state index is 11.0. The van der Waals surface area contributed by atoms with Crippen LogP contribution in [0.4, 0.5) is 0 Å². The van der Waals surface area contributed by atoms with Gasteiger partial charge in [-0.3, -0.25) is 14.9 Å². The molecule has 4 heteroatoms. The van der Waals surface area contributed by atoms with E-state index in [4.69, 9.17) is 5.73 Å². The van der Waals surface area contributed by atoms with Crippen LogP contribution in [0, 0.1) is 5.41 Å². The van der Waals surface area contributed by atoms with E-state index in [1.807, 2.05) is 13.8 Å². The Morgan fingerprint density at radius 3 is 2.55 bits per heavy atom. The van der Waals surface area contributed by atoms with Gasteiger partial charge in [0, 0.05) is 6.42 Å². The number of hydrogen-bond donors (Lipinski definition) is 2. The minimum atomic E-state index is -0.569. The van der Waals surface area contributed by atoms with Gasteiger partial charge >= 0.3 is 0 Å². The van der Waals surface area contributed by atoms with Crippen LogP contribution in [0.1, 0.15) is 20.3 Å². The SMILES string of the molecule is CC1(C)CC(=O)NC(=O)C1N. The Morgan fingerprint density at radius 1 is 1.55 bits per heavy atom. The summed E-state index contributed by atoms with van der Waals surface area (Å²) in [6.45, 7) is 3.63. The van der Waals surface area contributed by atoms with Gasteiger partial charge in [-0.2, -0.15) is 0 Å². The predicted molar refractivity (Wildman–Crippen MR) is 39.5 cm³/mol. The number of rotatable bonds is 0. The van der Waals surface area contributed by atoms with E-state index < -0.39 is 11.5 Å². The second kappa shape index (κ2) is 2.30. The Kier molecular flexibility index (Phi) is 1.72. The van der Waals surface area contributed by atoms with Gasteiger partial charge in [-0.25, -0.2) is 0 Å². The molecule has 0 aromatic rings. The van der Waals surface area contributed by atoms with E-state index in [0.29, 0.717) is 6.42 Å². The molecule has 0 saturated carbocycles. The molecule has 0 aromatic carbocycles. The van der Waals surface area contributed by atoms with Crippen molar-refractivity contribution in [2.45, 2.75) is 26.3 Å². The number of nitrogens with one attached hydrogen (secondary N) is 1. The number of imide groups is 1. The first-order valence-electron chi connectivity index (χ1n) is 3.53. The number of carbonyl (C=O) groups excluding carboxylic acids is 2. The molecule has 1 rings (SSSR count). The Hall–Kier alpha value is -0.900. The lowest BCUT2D eigenvalue weighted by atomic mass is 9.78. The Morgan fingerprint density at radius 2 is 2.09 bits per heavy atom. The first-order chi connectivity index (χ1) is 4.93. The molecule has 1 fully saturated rings. The highest BCUT2D eigenvalue weighted by Gasteiger charge is 2.39. The molecular weight excluding hydrogens is 144 g/mol. The third kappa shape index (κ3) is 1.40. The molecule has 0 spiro atoms. The summed E-state index contributed by atoms with van der Waals surface area (Å²) in [6.07, 6.45) is 0.319. The molecule has 3 N–H and O–H groups in total. The van der Waals surface area contributed by atoms with Gasteiger partial charge < -0.3 is 5.73 Å². The Balaban J connectivity index is 2.83. The molecule has 2 amide bonds. The molecule has 1 saturated heterocycles. The van der Waals surface area contributed by atoms with Gasteiger partial charge in [0.1, 0.15) is 0 Å². The van der Waals surface area contributed by atoms with Gasteiger partial charge in [-0.15, -0.1) is 0 Å².